The number of nitrogens with zero attached hydrogens (tertiary/aromatic N) is 1. The highest BCUT2D eigenvalue weighted by molar-refractivity contribution is 7.89. The van der Waals surface area contributed by atoms with Crippen molar-refractivity contribution in [2.24, 2.45) is 5.92 Å². The maximum Gasteiger partial charge on any atom is 0.309 e. The van der Waals surface area contributed by atoms with Gasteiger partial charge in [0.25, 0.3) is 0 Å². The molecule has 176 valence electrons. The standard InChI is InChI=1S/C27H27NO5S/c1-20(29)25-8-5-9-26(18-25)34(31,32)28-16-14-24(15-17-28)27(30)33-19-21-10-12-23(13-11-21)22-6-3-2-4-7-22/h2-13,18,24H,14-17,19H2,1H3. The van der Waals surface area contributed by atoms with Crippen LogP contribution >= 0.6 is 0 Å². The van der Waals surface area contributed by atoms with Crippen molar-refractivity contribution in [1.29, 1.82) is 0 Å². The smallest absolute Gasteiger partial charge is 0.309 e. The second-order valence-electron chi connectivity index (χ2n) is 8.43. The average Bonchev–Trinajstić information content (AvgIpc) is 2.88. The lowest BCUT2D eigenvalue weighted by Gasteiger charge is -2.30. The second kappa shape index (κ2) is 10.3. The van der Waals surface area contributed by atoms with E-state index in [0.29, 0.717) is 18.4 Å². The molecule has 1 fully saturated rings. The summed E-state index contributed by atoms with van der Waals surface area (Å²) in [4.78, 5) is 24.3. The number of hydrogen-bond donors (Lipinski definition) is 0. The van der Waals surface area contributed by atoms with Gasteiger partial charge in [0.05, 0.1) is 10.8 Å². The zero-order valence-electron chi connectivity index (χ0n) is 19.0. The third-order valence-corrected chi connectivity index (χ3v) is 8.00. The first-order valence-electron chi connectivity index (χ1n) is 11.3. The van der Waals surface area contributed by atoms with E-state index in [4.69, 9.17) is 4.74 Å². The van der Waals surface area contributed by atoms with Crippen LogP contribution in [0.25, 0.3) is 11.1 Å². The number of hydrogen-bond acceptors (Lipinski definition) is 5. The van der Waals surface area contributed by atoms with Crippen LogP contribution in [-0.2, 0) is 26.2 Å². The lowest BCUT2D eigenvalue weighted by Crippen LogP contribution is -2.40. The fraction of sp³-hybridized carbons (Fsp3) is 0.259. The molecule has 1 saturated heterocycles. The molecular formula is C27H27NO5S. The second-order valence-corrected chi connectivity index (χ2v) is 10.4. The summed E-state index contributed by atoms with van der Waals surface area (Å²) in [6, 6.07) is 24.0. The molecule has 7 heteroatoms. The predicted octanol–water partition coefficient (Wildman–Crippen LogP) is 4.70. The molecular weight excluding hydrogens is 450 g/mol. The summed E-state index contributed by atoms with van der Waals surface area (Å²) in [5.74, 6) is -0.824. The van der Waals surface area contributed by atoms with Crippen LogP contribution in [-0.4, -0.2) is 37.6 Å². The quantitative estimate of drug-likeness (QED) is 0.364. The predicted molar refractivity (Wildman–Crippen MR) is 130 cm³/mol. The number of carbonyl (C=O) groups excluding carboxylic acids is 2. The summed E-state index contributed by atoms with van der Waals surface area (Å²) >= 11 is 0. The first-order chi connectivity index (χ1) is 16.3. The molecule has 0 saturated carbocycles. The SMILES string of the molecule is CC(=O)c1cccc(S(=O)(=O)N2CCC(C(=O)OCc3ccc(-c4ccccc4)cc3)CC2)c1. The molecule has 1 aliphatic heterocycles. The Hall–Kier alpha value is -3.29. The summed E-state index contributed by atoms with van der Waals surface area (Å²) < 4.78 is 32.8. The Morgan fingerprint density at radius 1 is 0.882 bits per heavy atom. The largest absolute Gasteiger partial charge is 0.461 e. The van der Waals surface area contributed by atoms with E-state index in [0.717, 1.165) is 16.7 Å². The molecule has 0 aromatic heterocycles. The van der Waals surface area contributed by atoms with Gasteiger partial charge < -0.3 is 4.74 Å². The Bertz CT molecular complexity index is 1260. The third kappa shape index (κ3) is 5.43. The summed E-state index contributed by atoms with van der Waals surface area (Å²) in [6.45, 7) is 2.06. The average molecular weight is 478 g/mol. The molecule has 3 aromatic carbocycles. The fourth-order valence-electron chi connectivity index (χ4n) is 4.05. The highest BCUT2D eigenvalue weighted by atomic mass is 32.2. The van der Waals surface area contributed by atoms with E-state index in [1.54, 1.807) is 12.1 Å². The molecule has 3 aromatic rings. The van der Waals surface area contributed by atoms with Crippen molar-refractivity contribution in [3.63, 3.8) is 0 Å². The molecule has 0 atom stereocenters. The Labute approximate surface area is 200 Å². The monoisotopic (exact) mass is 477 g/mol. The summed E-state index contributed by atoms with van der Waals surface area (Å²) in [7, 11) is -3.72. The molecule has 6 nitrogen and oxygen atoms in total. The van der Waals surface area contributed by atoms with Crippen molar-refractivity contribution >= 4 is 21.8 Å². The Kier molecular flexibility index (Phi) is 7.24. The Morgan fingerprint density at radius 3 is 2.18 bits per heavy atom. The molecule has 0 aliphatic carbocycles. The zero-order valence-corrected chi connectivity index (χ0v) is 19.8. The highest BCUT2D eigenvalue weighted by Gasteiger charge is 2.33. The van der Waals surface area contributed by atoms with E-state index in [2.05, 4.69) is 0 Å². The van der Waals surface area contributed by atoms with E-state index in [-0.39, 0.29) is 42.3 Å². The topological polar surface area (TPSA) is 80.8 Å². The highest BCUT2D eigenvalue weighted by Crippen LogP contribution is 2.26. The lowest BCUT2D eigenvalue weighted by atomic mass is 9.98. The Balaban J connectivity index is 1.30. The van der Waals surface area contributed by atoms with E-state index >= 15 is 0 Å². The first-order valence-corrected chi connectivity index (χ1v) is 12.7. The molecule has 0 spiro atoms. The number of piperidine rings is 1. The molecule has 1 heterocycles. The van der Waals surface area contributed by atoms with Gasteiger partial charge in [-0.25, -0.2) is 8.42 Å². The number of benzene rings is 3. The van der Waals surface area contributed by atoms with Crippen LogP contribution in [0.1, 0.15) is 35.7 Å². The molecule has 34 heavy (non-hydrogen) atoms. The summed E-state index contributed by atoms with van der Waals surface area (Å²) in [5, 5.41) is 0. The van der Waals surface area contributed by atoms with Crippen LogP contribution in [0.15, 0.2) is 83.8 Å². The van der Waals surface area contributed by atoms with Crippen LogP contribution < -0.4 is 0 Å². The minimum Gasteiger partial charge on any atom is -0.461 e. The van der Waals surface area contributed by atoms with Crippen LogP contribution in [0.5, 0.6) is 0 Å². The van der Waals surface area contributed by atoms with Crippen molar-refractivity contribution in [3.05, 3.63) is 90.0 Å². The van der Waals surface area contributed by atoms with Crippen molar-refractivity contribution in [1.82, 2.24) is 4.31 Å². The number of esters is 1. The number of ketones is 1. The fourth-order valence-corrected chi connectivity index (χ4v) is 5.57. The number of ether oxygens (including phenoxy) is 1. The molecule has 0 N–H and O–H groups in total. The van der Waals surface area contributed by atoms with E-state index in [1.807, 2.05) is 54.6 Å². The van der Waals surface area contributed by atoms with Crippen molar-refractivity contribution in [3.8, 4) is 11.1 Å². The van der Waals surface area contributed by atoms with Gasteiger partial charge in [0.1, 0.15) is 6.61 Å². The van der Waals surface area contributed by atoms with Gasteiger partial charge in [-0.1, -0.05) is 66.7 Å². The number of rotatable bonds is 7. The van der Waals surface area contributed by atoms with Gasteiger partial charge in [-0.05, 0) is 48.6 Å². The Morgan fingerprint density at radius 2 is 1.53 bits per heavy atom. The van der Waals surface area contributed by atoms with Gasteiger partial charge in [0, 0.05) is 18.7 Å². The minimum atomic E-state index is -3.72. The molecule has 0 radical (unpaired) electrons. The van der Waals surface area contributed by atoms with E-state index in [1.165, 1.54) is 23.4 Å². The number of carbonyl (C=O) groups is 2. The summed E-state index contributed by atoms with van der Waals surface area (Å²) in [6.07, 6.45) is 0.800. The number of Topliss-reactive ketones (excluding diaryl/α,β-unsaturated/α-hetero) is 1. The van der Waals surface area contributed by atoms with Gasteiger partial charge >= 0.3 is 5.97 Å². The van der Waals surface area contributed by atoms with Gasteiger partial charge in [0.15, 0.2) is 5.78 Å². The normalized spacial score (nSPS) is 15.1. The van der Waals surface area contributed by atoms with E-state index < -0.39 is 10.0 Å². The number of sulfonamides is 1. The van der Waals surface area contributed by atoms with Crippen molar-refractivity contribution in [2.45, 2.75) is 31.3 Å². The van der Waals surface area contributed by atoms with Gasteiger partial charge in [-0.3, -0.25) is 9.59 Å². The third-order valence-electron chi connectivity index (χ3n) is 6.11. The van der Waals surface area contributed by atoms with Crippen molar-refractivity contribution in [2.75, 3.05) is 13.1 Å². The molecule has 0 unspecified atom stereocenters. The van der Waals surface area contributed by atoms with Gasteiger partial charge in [-0.15, -0.1) is 0 Å². The van der Waals surface area contributed by atoms with Crippen molar-refractivity contribution < 1.29 is 22.7 Å². The van der Waals surface area contributed by atoms with Crippen LogP contribution in [0.2, 0.25) is 0 Å². The molecule has 0 amide bonds. The van der Waals surface area contributed by atoms with Crippen LogP contribution in [0.4, 0.5) is 0 Å². The molecule has 1 aliphatic rings. The van der Waals surface area contributed by atoms with Crippen LogP contribution in [0, 0.1) is 5.92 Å². The maximum atomic E-state index is 13.0. The summed E-state index contributed by atoms with van der Waals surface area (Å²) in [5.41, 5.74) is 3.48. The van der Waals surface area contributed by atoms with Gasteiger partial charge in [0.2, 0.25) is 10.0 Å². The maximum absolute atomic E-state index is 13.0. The zero-order chi connectivity index (χ0) is 24.1. The van der Waals surface area contributed by atoms with E-state index in [9.17, 15) is 18.0 Å². The lowest BCUT2D eigenvalue weighted by molar-refractivity contribution is -0.151. The molecule has 4 rings (SSSR count). The molecule has 0 bridgehead atoms. The van der Waals surface area contributed by atoms with Crippen LogP contribution in [0.3, 0.4) is 0 Å². The first kappa shape index (κ1) is 23.9. The van der Waals surface area contributed by atoms with Gasteiger partial charge in [-0.2, -0.15) is 4.31 Å². The minimum absolute atomic E-state index is 0.0974.